The first-order valence-electron chi connectivity index (χ1n) is 5.97. The fourth-order valence-corrected chi connectivity index (χ4v) is 1.52. The Morgan fingerprint density at radius 3 is 2.60 bits per heavy atom. The molecule has 1 rings (SSSR count). The molecule has 0 atom stereocenters. The molecule has 0 fully saturated rings. The number of allylic oxidation sites excluding steroid dienone is 2. The van der Waals surface area contributed by atoms with Gasteiger partial charge in [-0.3, -0.25) is 0 Å². The molecular weight excluding hydrogens is 248 g/mol. The fourth-order valence-electron chi connectivity index (χ4n) is 1.52. The molecule has 0 saturated carbocycles. The van der Waals surface area contributed by atoms with Crippen molar-refractivity contribution < 1.29 is 9.47 Å². The van der Waals surface area contributed by atoms with E-state index in [4.69, 9.17) is 22.3 Å². The molecule has 0 radical (unpaired) electrons. The Morgan fingerprint density at radius 1 is 1.20 bits per heavy atom. The van der Waals surface area contributed by atoms with E-state index in [1.807, 2.05) is 24.3 Å². The molecule has 20 heavy (non-hydrogen) atoms. The molecule has 0 saturated heterocycles. The smallest absolute Gasteiger partial charge is 0.148 e. The van der Waals surface area contributed by atoms with Crippen LogP contribution in [0, 0.1) is 24.7 Å². The van der Waals surface area contributed by atoms with Crippen LogP contribution < -0.4 is 15.2 Å². The predicted octanol–water partition coefficient (Wildman–Crippen LogP) is 1.61. The summed E-state index contributed by atoms with van der Waals surface area (Å²) in [7, 11) is 0. The topological polar surface area (TPSA) is 18.5 Å². The monoisotopic (exact) mass is 264 g/mol. The maximum absolute atomic E-state index is 5.39. The van der Waals surface area contributed by atoms with E-state index in [1.165, 1.54) is 0 Å². The van der Waals surface area contributed by atoms with E-state index in [0.717, 1.165) is 10.4 Å². The minimum Gasteiger partial charge on any atom is -0.482 e. The summed E-state index contributed by atoms with van der Waals surface area (Å²) >= 11 is 0. The molecule has 0 unspecified atom stereocenters. The van der Waals surface area contributed by atoms with Gasteiger partial charge in [-0.25, -0.2) is 0 Å². The van der Waals surface area contributed by atoms with Crippen molar-refractivity contribution in [1.82, 2.24) is 0 Å². The van der Waals surface area contributed by atoms with E-state index < -0.39 is 0 Å². The minimum absolute atomic E-state index is 0.184. The highest BCUT2D eigenvalue weighted by Crippen LogP contribution is 2.04. The van der Waals surface area contributed by atoms with Crippen LogP contribution in [-0.4, -0.2) is 13.2 Å². The Bertz CT molecular complexity index is 682. The maximum Gasteiger partial charge on any atom is 0.148 e. The van der Waals surface area contributed by atoms with E-state index in [-0.39, 0.29) is 13.2 Å². The predicted molar refractivity (Wildman–Crippen MR) is 83.1 cm³/mol. The van der Waals surface area contributed by atoms with Crippen LogP contribution in [0.25, 0.3) is 12.2 Å². The van der Waals surface area contributed by atoms with E-state index in [1.54, 1.807) is 12.2 Å². The van der Waals surface area contributed by atoms with Crippen molar-refractivity contribution in [3.05, 3.63) is 53.6 Å². The number of benzene rings is 1. The van der Waals surface area contributed by atoms with Gasteiger partial charge >= 0.3 is 0 Å². The van der Waals surface area contributed by atoms with Gasteiger partial charge in [-0.15, -0.1) is 12.8 Å². The van der Waals surface area contributed by atoms with Crippen LogP contribution in [0.5, 0.6) is 5.75 Å². The highest BCUT2D eigenvalue weighted by Gasteiger charge is 1.95. The molecule has 0 heterocycles. The molecule has 2 nitrogen and oxygen atoms in total. The van der Waals surface area contributed by atoms with Crippen LogP contribution in [0.15, 0.2) is 43.2 Å². The molecule has 0 aromatic heterocycles. The van der Waals surface area contributed by atoms with Gasteiger partial charge in [0, 0.05) is 0 Å². The zero-order valence-corrected chi connectivity index (χ0v) is 11.3. The first kappa shape index (κ1) is 15.2. The van der Waals surface area contributed by atoms with Crippen molar-refractivity contribution in [2.75, 3.05) is 13.2 Å². The Hall–Kier alpha value is -2.84. The number of hydrogen-bond donors (Lipinski definition) is 0. The van der Waals surface area contributed by atoms with Crippen molar-refractivity contribution in [1.29, 1.82) is 0 Å². The van der Waals surface area contributed by atoms with Gasteiger partial charge in [-0.05, 0) is 28.6 Å². The number of hydrogen-bond acceptors (Lipinski definition) is 2. The van der Waals surface area contributed by atoms with Gasteiger partial charge in [-0.1, -0.05) is 43.2 Å². The quantitative estimate of drug-likeness (QED) is 0.574. The third kappa shape index (κ3) is 4.80. The average Bonchev–Trinajstić information content (AvgIpc) is 2.45. The summed E-state index contributed by atoms with van der Waals surface area (Å²) in [6.07, 6.45) is 15.7. The summed E-state index contributed by atoms with van der Waals surface area (Å²) in [5.41, 5.74) is 0. The summed E-state index contributed by atoms with van der Waals surface area (Å²) in [5.74, 6) is 5.98. The van der Waals surface area contributed by atoms with E-state index in [0.29, 0.717) is 11.5 Å². The summed E-state index contributed by atoms with van der Waals surface area (Å²) in [6, 6.07) is 5.61. The molecule has 0 N–H and O–H groups in total. The number of terminal acetylenes is 2. The van der Waals surface area contributed by atoms with Crippen LogP contribution in [0.1, 0.15) is 0 Å². The summed E-state index contributed by atoms with van der Waals surface area (Å²) in [6.45, 7) is 7.89. The van der Waals surface area contributed by atoms with E-state index in [9.17, 15) is 0 Å². The van der Waals surface area contributed by atoms with Gasteiger partial charge in [0.1, 0.15) is 24.7 Å². The summed E-state index contributed by atoms with van der Waals surface area (Å²) < 4.78 is 10.6. The average molecular weight is 264 g/mol. The Balaban J connectivity index is 3.19. The largest absolute Gasteiger partial charge is 0.482 e. The third-order valence-electron chi connectivity index (χ3n) is 2.34. The summed E-state index contributed by atoms with van der Waals surface area (Å²) in [4.78, 5) is 0. The van der Waals surface area contributed by atoms with Gasteiger partial charge in [0.25, 0.3) is 0 Å². The standard InChI is InChI=1S/C18H16O2/c1-5-8-16-9-10-18(20-12-7-3)14-17(16)13-15(4)19-11-6-2/h2-3,5,8-10,13-14H,1,4,11-12H2/b16-8-,17-13-. The fraction of sp³-hybridized carbons (Fsp3) is 0.111. The van der Waals surface area contributed by atoms with Crippen LogP contribution in [0.2, 0.25) is 0 Å². The second-order valence-corrected chi connectivity index (χ2v) is 3.79. The second kappa shape index (κ2) is 8.29. The molecule has 0 amide bonds. The molecule has 0 aliphatic rings. The van der Waals surface area contributed by atoms with Gasteiger partial charge < -0.3 is 9.47 Å². The lowest BCUT2D eigenvalue weighted by atomic mass is 10.2. The first-order valence-corrected chi connectivity index (χ1v) is 5.97. The van der Waals surface area contributed by atoms with Crippen molar-refractivity contribution >= 4 is 12.2 Å². The molecule has 100 valence electrons. The number of rotatable bonds is 6. The van der Waals surface area contributed by atoms with Crippen molar-refractivity contribution in [2.45, 2.75) is 0 Å². The molecular formula is C18H16O2. The lowest BCUT2D eigenvalue weighted by molar-refractivity contribution is 0.275. The highest BCUT2D eigenvalue weighted by molar-refractivity contribution is 5.47. The molecule has 0 spiro atoms. The zero-order valence-electron chi connectivity index (χ0n) is 11.3. The van der Waals surface area contributed by atoms with Crippen LogP contribution in [0.4, 0.5) is 0 Å². The lowest BCUT2D eigenvalue weighted by Crippen LogP contribution is -2.24. The van der Waals surface area contributed by atoms with Gasteiger partial charge in [0.05, 0.1) is 0 Å². The van der Waals surface area contributed by atoms with E-state index in [2.05, 4.69) is 25.0 Å². The molecule has 1 aromatic carbocycles. The third-order valence-corrected chi connectivity index (χ3v) is 2.34. The Morgan fingerprint density at radius 2 is 1.95 bits per heavy atom. The zero-order chi connectivity index (χ0) is 14.8. The second-order valence-electron chi connectivity index (χ2n) is 3.79. The lowest BCUT2D eigenvalue weighted by Gasteiger charge is -2.03. The number of ether oxygens (including phenoxy) is 2. The molecule has 0 aliphatic heterocycles. The molecule has 1 aromatic rings. The van der Waals surface area contributed by atoms with E-state index >= 15 is 0 Å². The molecule has 0 aliphatic carbocycles. The summed E-state index contributed by atoms with van der Waals surface area (Å²) in [5, 5.41) is 1.86. The van der Waals surface area contributed by atoms with Crippen LogP contribution in [-0.2, 0) is 4.74 Å². The Labute approximate surface area is 119 Å². The molecule has 2 heteroatoms. The van der Waals surface area contributed by atoms with Crippen molar-refractivity contribution in [3.63, 3.8) is 0 Å². The highest BCUT2D eigenvalue weighted by atomic mass is 16.5. The molecule has 0 bridgehead atoms. The van der Waals surface area contributed by atoms with Crippen LogP contribution >= 0.6 is 0 Å². The first-order chi connectivity index (χ1) is 9.71. The van der Waals surface area contributed by atoms with Crippen LogP contribution in [0.3, 0.4) is 0 Å². The maximum atomic E-state index is 5.39. The SMILES string of the molecule is C#CCOC(=C)/C=c1/cc(OCC#C)cc/c1=C/C=C. The Kier molecular flexibility index (Phi) is 6.31. The van der Waals surface area contributed by atoms with Gasteiger partial charge in [0.15, 0.2) is 0 Å². The normalized spacial score (nSPS) is 11.3. The minimum atomic E-state index is 0.184. The van der Waals surface area contributed by atoms with Crippen molar-refractivity contribution in [2.24, 2.45) is 0 Å². The van der Waals surface area contributed by atoms with Gasteiger partial charge in [0.2, 0.25) is 0 Å². The van der Waals surface area contributed by atoms with Crippen molar-refractivity contribution in [3.8, 4) is 30.4 Å². The van der Waals surface area contributed by atoms with Gasteiger partial charge in [-0.2, -0.15) is 0 Å².